The Labute approximate surface area is 164 Å². The Morgan fingerprint density at radius 1 is 1.21 bits per heavy atom. The van der Waals surface area contributed by atoms with Crippen LogP contribution in [0, 0.1) is 6.92 Å². The Morgan fingerprint density at radius 2 is 1.97 bits per heavy atom. The zero-order valence-corrected chi connectivity index (χ0v) is 15.4. The highest BCUT2D eigenvalue weighted by Gasteiger charge is 2.47. The number of anilines is 2. The first kappa shape index (κ1) is 19.0. The number of hydrogen-bond acceptors (Lipinski definition) is 4. The third kappa shape index (κ3) is 3.80. The molecule has 2 N–H and O–H groups in total. The van der Waals surface area contributed by atoms with Crippen molar-refractivity contribution < 1.29 is 18.0 Å². The Bertz CT molecular complexity index is 1010. The van der Waals surface area contributed by atoms with E-state index in [-0.39, 0.29) is 17.8 Å². The van der Waals surface area contributed by atoms with Gasteiger partial charge in [-0.05, 0) is 24.6 Å². The number of fused-ring (bicyclic) bond motifs is 1. The number of nitrogens with one attached hydrogen (secondary N) is 2. The van der Waals surface area contributed by atoms with Gasteiger partial charge in [-0.1, -0.05) is 29.8 Å². The highest BCUT2D eigenvalue weighted by Crippen LogP contribution is 2.44. The predicted octanol–water partition coefficient (Wildman–Crippen LogP) is 4.50. The second kappa shape index (κ2) is 7.23. The van der Waals surface area contributed by atoms with Gasteiger partial charge in [0.25, 0.3) is 5.91 Å². The molecule has 1 amide bonds. The average molecular weight is 401 g/mol. The minimum absolute atomic E-state index is 0.0416. The lowest BCUT2D eigenvalue weighted by molar-refractivity contribution is -0.173. The molecule has 0 saturated heterocycles. The second-order valence-electron chi connectivity index (χ2n) is 6.95. The highest BCUT2D eigenvalue weighted by atomic mass is 19.4. The molecule has 0 bridgehead atoms. The van der Waals surface area contributed by atoms with Crippen LogP contribution in [0.5, 0.6) is 0 Å². The number of benzene rings is 1. The lowest BCUT2D eigenvalue weighted by atomic mass is 9.96. The number of pyridine rings is 1. The fourth-order valence-electron chi connectivity index (χ4n) is 3.38. The van der Waals surface area contributed by atoms with Crippen molar-refractivity contribution in [3.8, 4) is 0 Å². The summed E-state index contributed by atoms with van der Waals surface area (Å²) in [5.41, 5.74) is 2.21. The number of nitrogens with zero attached hydrogens (tertiary/aromatic N) is 3. The van der Waals surface area contributed by atoms with E-state index in [0.717, 1.165) is 22.0 Å². The van der Waals surface area contributed by atoms with Gasteiger partial charge < -0.3 is 10.6 Å². The maximum Gasteiger partial charge on any atom is 0.410 e. The molecule has 1 aliphatic heterocycles. The molecule has 1 aromatic carbocycles. The monoisotopic (exact) mass is 401 g/mol. The maximum atomic E-state index is 13.7. The molecule has 29 heavy (non-hydrogen) atoms. The van der Waals surface area contributed by atoms with Crippen molar-refractivity contribution in [1.29, 1.82) is 0 Å². The van der Waals surface area contributed by atoms with E-state index in [2.05, 4.69) is 20.7 Å². The molecule has 9 heteroatoms. The van der Waals surface area contributed by atoms with E-state index in [1.807, 2.05) is 19.1 Å². The molecule has 2 atom stereocenters. The molecule has 0 aliphatic carbocycles. The minimum atomic E-state index is -4.50. The number of hydrogen-bond donors (Lipinski definition) is 2. The first-order valence-electron chi connectivity index (χ1n) is 9.01. The van der Waals surface area contributed by atoms with Gasteiger partial charge >= 0.3 is 6.18 Å². The second-order valence-corrected chi connectivity index (χ2v) is 6.95. The summed E-state index contributed by atoms with van der Waals surface area (Å²) in [6.45, 7) is 1.91. The van der Waals surface area contributed by atoms with Crippen molar-refractivity contribution in [1.82, 2.24) is 14.8 Å². The van der Waals surface area contributed by atoms with Crippen LogP contribution in [0.3, 0.4) is 0 Å². The maximum absolute atomic E-state index is 13.7. The third-order valence-corrected chi connectivity index (χ3v) is 4.88. The molecular weight excluding hydrogens is 383 g/mol. The van der Waals surface area contributed by atoms with E-state index in [0.29, 0.717) is 5.69 Å². The van der Waals surface area contributed by atoms with Crippen molar-refractivity contribution in [2.75, 3.05) is 10.6 Å². The van der Waals surface area contributed by atoms with E-state index >= 15 is 0 Å². The van der Waals surface area contributed by atoms with Crippen LogP contribution >= 0.6 is 0 Å². The van der Waals surface area contributed by atoms with Gasteiger partial charge in [0.2, 0.25) is 0 Å². The van der Waals surface area contributed by atoms with Crippen LogP contribution in [-0.2, 0) is 0 Å². The van der Waals surface area contributed by atoms with Crippen LogP contribution in [0.1, 0.15) is 40.0 Å². The van der Waals surface area contributed by atoms with Crippen molar-refractivity contribution >= 4 is 17.4 Å². The summed E-state index contributed by atoms with van der Waals surface area (Å²) < 4.78 is 42.0. The molecule has 6 nitrogen and oxygen atoms in total. The molecule has 0 spiro atoms. The number of aryl methyl sites for hydroxylation is 1. The number of amides is 1. The smallest absolute Gasteiger partial charge is 0.363 e. The van der Waals surface area contributed by atoms with Crippen LogP contribution in [0.15, 0.2) is 55.0 Å². The Morgan fingerprint density at radius 3 is 2.62 bits per heavy atom. The fraction of sp³-hybridized carbons (Fsp3) is 0.250. The lowest BCUT2D eigenvalue weighted by Crippen LogP contribution is -2.36. The molecule has 150 valence electrons. The molecule has 0 unspecified atom stereocenters. The quantitative estimate of drug-likeness (QED) is 0.678. The Kier molecular flexibility index (Phi) is 4.73. The normalized spacial score (nSPS) is 18.6. The van der Waals surface area contributed by atoms with Gasteiger partial charge in [0, 0.05) is 12.6 Å². The minimum Gasteiger partial charge on any atom is -0.363 e. The molecule has 1 aliphatic rings. The summed E-state index contributed by atoms with van der Waals surface area (Å²) in [7, 11) is 0. The van der Waals surface area contributed by atoms with Gasteiger partial charge in [-0.2, -0.15) is 18.3 Å². The molecule has 0 saturated carbocycles. The van der Waals surface area contributed by atoms with Crippen molar-refractivity contribution in [2.24, 2.45) is 0 Å². The van der Waals surface area contributed by atoms with Crippen LogP contribution in [0.2, 0.25) is 0 Å². The number of halogens is 3. The number of aromatic nitrogens is 3. The van der Waals surface area contributed by atoms with Gasteiger partial charge in [0.15, 0.2) is 6.04 Å². The van der Waals surface area contributed by atoms with Crippen LogP contribution in [-0.4, -0.2) is 26.8 Å². The summed E-state index contributed by atoms with van der Waals surface area (Å²) in [4.78, 5) is 16.6. The van der Waals surface area contributed by atoms with E-state index < -0.39 is 24.2 Å². The van der Waals surface area contributed by atoms with E-state index in [1.165, 1.54) is 6.20 Å². The third-order valence-electron chi connectivity index (χ3n) is 4.88. The van der Waals surface area contributed by atoms with Crippen LogP contribution in [0.25, 0.3) is 0 Å². The summed E-state index contributed by atoms with van der Waals surface area (Å²) in [6, 6.07) is 8.14. The van der Waals surface area contributed by atoms with Crippen molar-refractivity contribution in [2.45, 2.75) is 31.6 Å². The first-order valence-corrected chi connectivity index (χ1v) is 9.01. The van der Waals surface area contributed by atoms with Gasteiger partial charge in [0.05, 0.1) is 24.1 Å². The van der Waals surface area contributed by atoms with Crippen molar-refractivity contribution in [3.05, 3.63) is 71.7 Å². The predicted molar refractivity (Wildman–Crippen MR) is 102 cm³/mol. The molecule has 3 aromatic rings. The molecule has 4 rings (SSSR count). The molecule has 3 heterocycles. The van der Waals surface area contributed by atoms with E-state index in [4.69, 9.17) is 0 Å². The van der Waals surface area contributed by atoms with Crippen LogP contribution < -0.4 is 10.6 Å². The van der Waals surface area contributed by atoms with Gasteiger partial charge in [-0.25, -0.2) is 4.68 Å². The average Bonchev–Trinajstić information content (AvgIpc) is 3.12. The van der Waals surface area contributed by atoms with E-state index in [1.54, 1.807) is 30.5 Å². The van der Waals surface area contributed by atoms with Gasteiger partial charge in [0.1, 0.15) is 11.4 Å². The molecule has 0 fully saturated rings. The molecule has 0 radical (unpaired) electrons. The lowest BCUT2D eigenvalue weighted by Gasteiger charge is -2.34. The van der Waals surface area contributed by atoms with Crippen molar-refractivity contribution in [3.63, 3.8) is 0 Å². The number of carbonyl (C=O) groups excluding carboxylic acids is 1. The zero-order chi connectivity index (χ0) is 20.6. The zero-order valence-electron chi connectivity index (χ0n) is 15.4. The fourth-order valence-corrected chi connectivity index (χ4v) is 3.38. The Hall–Kier alpha value is -3.36. The molecule has 2 aromatic heterocycles. The summed E-state index contributed by atoms with van der Waals surface area (Å²) in [6.07, 6.45) is -0.549. The topological polar surface area (TPSA) is 71.8 Å². The summed E-state index contributed by atoms with van der Waals surface area (Å²) >= 11 is 0. The van der Waals surface area contributed by atoms with Crippen LogP contribution in [0.4, 0.5) is 24.7 Å². The summed E-state index contributed by atoms with van der Waals surface area (Å²) in [5.74, 6) is -0.511. The largest absolute Gasteiger partial charge is 0.410 e. The van der Waals surface area contributed by atoms with Gasteiger partial charge in [-0.3, -0.25) is 9.78 Å². The molecular formula is C20H18F3N5O. The van der Waals surface area contributed by atoms with E-state index in [9.17, 15) is 18.0 Å². The first-order chi connectivity index (χ1) is 13.8. The Balaban J connectivity index is 1.69. The SMILES string of the molecule is Cc1ccc([C@@H]2C[C@H](C(F)(F)F)n3ncc(C(=O)Nc4cccnc4)c3N2)cc1. The number of carbonyl (C=O) groups is 1. The van der Waals surface area contributed by atoms with Gasteiger partial charge in [-0.15, -0.1) is 0 Å². The number of alkyl halides is 3. The number of rotatable bonds is 3. The summed E-state index contributed by atoms with van der Waals surface area (Å²) in [5, 5.41) is 9.58. The highest BCUT2D eigenvalue weighted by molar-refractivity contribution is 6.07. The standard InChI is InChI=1S/C20H18F3N5O/c1-12-4-6-13(7-5-12)16-9-17(20(21,22)23)28-18(27-16)15(11-25-28)19(29)26-14-3-2-8-24-10-14/h2-8,10-11,16-17,27H,9H2,1H3,(H,26,29)/t16-,17+/m0/s1.